The number of rotatable bonds is 0. The molecular formula is C7H8O3. The van der Waals surface area contributed by atoms with E-state index in [9.17, 15) is 4.79 Å². The van der Waals surface area contributed by atoms with Gasteiger partial charge in [0, 0.05) is 5.92 Å². The van der Waals surface area contributed by atoms with Gasteiger partial charge in [0.05, 0.1) is 24.7 Å². The number of hydrogen-bond acceptors (Lipinski definition) is 3. The van der Waals surface area contributed by atoms with E-state index in [0.29, 0.717) is 24.7 Å². The van der Waals surface area contributed by atoms with Crippen molar-refractivity contribution in [1.29, 1.82) is 0 Å². The van der Waals surface area contributed by atoms with Gasteiger partial charge in [0.25, 0.3) is 0 Å². The van der Waals surface area contributed by atoms with Gasteiger partial charge in [0.15, 0.2) is 0 Å². The van der Waals surface area contributed by atoms with Crippen LogP contribution in [0.2, 0.25) is 0 Å². The molecule has 2 heterocycles. The highest BCUT2D eigenvalue weighted by Gasteiger charge is 2.60. The van der Waals surface area contributed by atoms with Gasteiger partial charge in [-0.25, -0.2) is 0 Å². The zero-order valence-corrected chi connectivity index (χ0v) is 5.45. The van der Waals surface area contributed by atoms with E-state index < -0.39 is 0 Å². The summed E-state index contributed by atoms with van der Waals surface area (Å²) >= 11 is 0. The van der Waals surface area contributed by atoms with Crippen molar-refractivity contribution in [1.82, 2.24) is 0 Å². The Labute approximate surface area is 58.3 Å². The van der Waals surface area contributed by atoms with Crippen LogP contribution < -0.4 is 0 Å². The van der Waals surface area contributed by atoms with Crippen molar-refractivity contribution in [2.75, 3.05) is 6.61 Å². The molecule has 4 atom stereocenters. The van der Waals surface area contributed by atoms with Gasteiger partial charge in [-0.2, -0.15) is 0 Å². The molecule has 54 valence electrons. The molecule has 10 heavy (non-hydrogen) atoms. The molecule has 0 aromatic rings. The second-order valence-corrected chi connectivity index (χ2v) is 3.28. The van der Waals surface area contributed by atoms with Gasteiger partial charge in [-0.3, -0.25) is 4.79 Å². The van der Waals surface area contributed by atoms with Crippen molar-refractivity contribution in [2.45, 2.75) is 18.6 Å². The van der Waals surface area contributed by atoms with E-state index in [1.165, 1.54) is 0 Å². The Morgan fingerprint density at radius 1 is 1.50 bits per heavy atom. The van der Waals surface area contributed by atoms with Gasteiger partial charge < -0.3 is 9.47 Å². The summed E-state index contributed by atoms with van der Waals surface area (Å²) in [4.78, 5) is 10.9. The SMILES string of the molecule is O=C1OC[C@H]2[C@@H]3O[C@@H]3C[C@@H]12. The van der Waals surface area contributed by atoms with Crippen LogP contribution in [0.1, 0.15) is 6.42 Å². The van der Waals surface area contributed by atoms with Crippen LogP contribution in [0.4, 0.5) is 0 Å². The molecular weight excluding hydrogens is 132 g/mol. The smallest absolute Gasteiger partial charge is 0.309 e. The third kappa shape index (κ3) is 0.440. The molecule has 3 heteroatoms. The predicted octanol–water partition coefficient (Wildman–Crippen LogP) is -0.0533. The summed E-state index contributed by atoms with van der Waals surface area (Å²) in [5.41, 5.74) is 0. The second-order valence-electron chi connectivity index (χ2n) is 3.28. The first-order chi connectivity index (χ1) is 4.86. The molecule has 0 aromatic heterocycles. The number of cyclic esters (lactones) is 1. The Bertz CT molecular complexity index is 201. The molecule has 2 aliphatic heterocycles. The van der Waals surface area contributed by atoms with Crippen LogP contribution in [0.3, 0.4) is 0 Å². The Hall–Kier alpha value is -0.570. The highest BCUT2D eigenvalue weighted by molar-refractivity contribution is 5.75. The van der Waals surface area contributed by atoms with Crippen molar-refractivity contribution in [2.24, 2.45) is 11.8 Å². The van der Waals surface area contributed by atoms with Crippen molar-refractivity contribution in [3.8, 4) is 0 Å². The first kappa shape index (κ1) is 5.13. The standard InChI is InChI=1S/C7H8O3/c8-7-3-1-5-6(10-5)4(3)2-9-7/h3-6H,1-2H2/t3-,4-,5-,6+/m1/s1. The summed E-state index contributed by atoms with van der Waals surface area (Å²) in [6.07, 6.45) is 1.69. The molecule has 0 radical (unpaired) electrons. The molecule has 0 spiro atoms. The minimum absolute atomic E-state index is 0.000741. The third-order valence-corrected chi connectivity index (χ3v) is 2.77. The maximum atomic E-state index is 10.9. The average molecular weight is 140 g/mol. The van der Waals surface area contributed by atoms with Crippen LogP contribution in [0.25, 0.3) is 0 Å². The van der Waals surface area contributed by atoms with E-state index in [4.69, 9.17) is 9.47 Å². The fourth-order valence-electron chi connectivity index (χ4n) is 2.14. The van der Waals surface area contributed by atoms with Crippen LogP contribution in [0, 0.1) is 11.8 Å². The topological polar surface area (TPSA) is 38.8 Å². The van der Waals surface area contributed by atoms with E-state index in [0.717, 1.165) is 6.42 Å². The predicted molar refractivity (Wildman–Crippen MR) is 31.2 cm³/mol. The minimum atomic E-state index is 0.000741. The quantitative estimate of drug-likeness (QED) is 0.349. The average Bonchev–Trinajstić information content (AvgIpc) is 2.46. The van der Waals surface area contributed by atoms with E-state index in [1.807, 2.05) is 0 Å². The first-order valence-electron chi connectivity index (χ1n) is 3.68. The zero-order chi connectivity index (χ0) is 6.72. The lowest BCUT2D eigenvalue weighted by atomic mass is 9.99. The highest BCUT2D eigenvalue weighted by atomic mass is 16.6. The lowest BCUT2D eigenvalue weighted by Crippen LogP contribution is -2.14. The van der Waals surface area contributed by atoms with Gasteiger partial charge in [-0.05, 0) is 6.42 Å². The summed E-state index contributed by atoms with van der Waals surface area (Å²) in [5.74, 6) is 0.585. The maximum absolute atomic E-state index is 10.9. The summed E-state index contributed by atoms with van der Waals surface area (Å²) in [6, 6.07) is 0. The Morgan fingerprint density at radius 3 is 3.20 bits per heavy atom. The van der Waals surface area contributed by atoms with Crippen LogP contribution in [0.5, 0.6) is 0 Å². The Kier molecular flexibility index (Phi) is 0.703. The number of ether oxygens (including phenoxy) is 2. The Balaban J connectivity index is 1.92. The van der Waals surface area contributed by atoms with Gasteiger partial charge in [0.1, 0.15) is 0 Å². The molecule has 1 aliphatic carbocycles. The maximum Gasteiger partial charge on any atom is 0.309 e. The summed E-state index contributed by atoms with van der Waals surface area (Å²) in [6.45, 7) is 0.602. The van der Waals surface area contributed by atoms with Crippen molar-refractivity contribution in [3.05, 3.63) is 0 Å². The number of esters is 1. The van der Waals surface area contributed by atoms with E-state index in [-0.39, 0.29) is 11.9 Å². The lowest BCUT2D eigenvalue weighted by molar-refractivity contribution is -0.141. The number of carbonyl (C=O) groups excluding carboxylic acids is 1. The summed E-state index contributed by atoms with van der Waals surface area (Å²) < 4.78 is 10.2. The molecule has 3 rings (SSSR count). The molecule has 0 bridgehead atoms. The molecule has 0 N–H and O–H groups in total. The van der Waals surface area contributed by atoms with Crippen molar-refractivity contribution in [3.63, 3.8) is 0 Å². The van der Waals surface area contributed by atoms with E-state index in [1.54, 1.807) is 0 Å². The van der Waals surface area contributed by atoms with Crippen molar-refractivity contribution >= 4 is 5.97 Å². The molecule has 2 saturated heterocycles. The Morgan fingerprint density at radius 2 is 2.40 bits per heavy atom. The molecule has 0 aromatic carbocycles. The lowest BCUT2D eigenvalue weighted by Gasteiger charge is -2.03. The minimum Gasteiger partial charge on any atom is -0.465 e. The number of epoxide rings is 1. The van der Waals surface area contributed by atoms with Crippen LogP contribution in [0.15, 0.2) is 0 Å². The highest BCUT2D eigenvalue weighted by Crippen LogP contribution is 2.49. The number of fused-ring (bicyclic) bond motifs is 3. The summed E-state index contributed by atoms with van der Waals surface area (Å²) in [7, 11) is 0. The third-order valence-electron chi connectivity index (χ3n) is 2.77. The van der Waals surface area contributed by atoms with Gasteiger partial charge in [0.2, 0.25) is 0 Å². The second kappa shape index (κ2) is 1.37. The molecule has 0 unspecified atom stereocenters. The fourth-order valence-corrected chi connectivity index (χ4v) is 2.14. The molecule has 3 fully saturated rings. The first-order valence-corrected chi connectivity index (χ1v) is 3.68. The van der Waals surface area contributed by atoms with Crippen LogP contribution in [-0.4, -0.2) is 24.8 Å². The van der Waals surface area contributed by atoms with Gasteiger partial charge >= 0.3 is 5.97 Å². The molecule has 1 saturated carbocycles. The molecule has 3 aliphatic rings. The van der Waals surface area contributed by atoms with Crippen LogP contribution in [-0.2, 0) is 14.3 Å². The van der Waals surface area contributed by atoms with E-state index in [2.05, 4.69) is 0 Å². The molecule has 0 amide bonds. The van der Waals surface area contributed by atoms with E-state index >= 15 is 0 Å². The molecule has 3 nitrogen and oxygen atoms in total. The number of carbonyl (C=O) groups is 1. The monoisotopic (exact) mass is 140 g/mol. The zero-order valence-electron chi connectivity index (χ0n) is 5.45. The van der Waals surface area contributed by atoms with Gasteiger partial charge in [-0.1, -0.05) is 0 Å². The van der Waals surface area contributed by atoms with Gasteiger partial charge in [-0.15, -0.1) is 0 Å². The normalized spacial score (nSPS) is 55.8. The number of hydrogen-bond donors (Lipinski definition) is 0. The summed E-state index contributed by atoms with van der Waals surface area (Å²) in [5, 5.41) is 0. The largest absolute Gasteiger partial charge is 0.465 e. The van der Waals surface area contributed by atoms with Crippen LogP contribution >= 0.6 is 0 Å². The fraction of sp³-hybridized carbons (Fsp3) is 0.857. The van der Waals surface area contributed by atoms with Crippen molar-refractivity contribution < 1.29 is 14.3 Å².